The summed E-state index contributed by atoms with van der Waals surface area (Å²) in [4.78, 5) is 4.51. The molecule has 0 aliphatic carbocycles. The number of benzene rings is 2. The summed E-state index contributed by atoms with van der Waals surface area (Å²) in [7, 11) is 1.71. The molecule has 0 bridgehead atoms. The molecule has 0 saturated carbocycles. The highest BCUT2D eigenvalue weighted by Crippen LogP contribution is 2.28. The fourth-order valence-electron chi connectivity index (χ4n) is 2.81. The van der Waals surface area contributed by atoms with E-state index < -0.39 is 0 Å². The molecule has 1 heterocycles. The van der Waals surface area contributed by atoms with Crippen LogP contribution in [0.2, 0.25) is 5.02 Å². The van der Waals surface area contributed by atoms with Crippen molar-refractivity contribution < 1.29 is 4.74 Å². The molecular formula is C18H20ClN3OS. The Kier molecular flexibility index (Phi) is 5.43. The van der Waals surface area contributed by atoms with Crippen molar-refractivity contribution in [1.29, 1.82) is 0 Å². The van der Waals surface area contributed by atoms with Crippen molar-refractivity contribution in [2.24, 2.45) is 0 Å². The fraction of sp³-hybridized carbons (Fsp3) is 0.278. The van der Waals surface area contributed by atoms with Gasteiger partial charge in [0.15, 0.2) is 5.11 Å². The van der Waals surface area contributed by atoms with Gasteiger partial charge in [0.1, 0.15) is 5.75 Å². The molecule has 1 fully saturated rings. The zero-order chi connectivity index (χ0) is 16.9. The number of rotatable bonds is 3. The Morgan fingerprint density at radius 2 is 1.83 bits per heavy atom. The maximum atomic E-state index is 6.01. The van der Waals surface area contributed by atoms with E-state index in [2.05, 4.69) is 21.2 Å². The van der Waals surface area contributed by atoms with Crippen molar-refractivity contribution in [2.75, 3.05) is 43.5 Å². The van der Waals surface area contributed by atoms with Crippen LogP contribution in [0.15, 0.2) is 48.5 Å². The molecular weight excluding hydrogens is 342 g/mol. The molecule has 2 aromatic carbocycles. The van der Waals surface area contributed by atoms with Crippen LogP contribution in [0, 0.1) is 0 Å². The van der Waals surface area contributed by atoms with Crippen molar-refractivity contribution in [3.63, 3.8) is 0 Å². The summed E-state index contributed by atoms with van der Waals surface area (Å²) in [6, 6.07) is 15.7. The minimum atomic E-state index is 0.698. The minimum Gasteiger partial charge on any atom is -0.495 e. The van der Waals surface area contributed by atoms with Crippen molar-refractivity contribution in [1.82, 2.24) is 4.90 Å². The molecule has 0 spiro atoms. The van der Waals surface area contributed by atoms with Crippen LogP contribution in [-0.4, -0.2) is 43.3 Å². The second kappa shape index (κ2) is 7.73. The highest BCUT2D eigenvalue weighted by atomic mass is 35.5. The largest absolute Gasteiger partial charge is 0.495 e. The van der Waals surface area contributed by atoms with Gasteiger partial charge in [-0.25, -0.2) is 0 Å². The van der Waals surface area contributed by atoms with Crippen LogP contribution in [0.1, 0.15) is 0 Å². The Labute approximate surface area is 153 Å². The fourth-order valence-corrected chi connectivity index (χ4v) is 3.30. The third-order valence-electron chi connectivity index (χ3n) is 4.07. The van der Waals surface area contributed by atoms with Gasteiger partial charge in [0, 0.05) is 36.9 Å². The van der Waals surface area contributed by atoms with E-state index in [0.717, 1.165) is 48.4 Å². The lowest BCUT2D eigenvalue weighted by Gasteiger charge is -2.37. The lowest BCUT2D eigenvalue weighted by atomic mass is 10.2. The summed E-state index contributed by atoms with van der Waals surface area (Å²) < 4.78 is 5.46. The second-order valence-corrected chi connectivity index (χ2v) is 6.41. The van der Waals surface area contributed by atoms with E-state index in [1.54, 1.807) is 7.11 Å². The van der Waals surface area contributed by atoms with E-state index in [-0.39, 0.29) is 0 Å². The first-order valence-electron chi connectivity index (χ1n) is 7.87. The Morgan fingerprint density at radius 3 is 2.54 bits per heavy atom. The SMILES string of the molecule is COc1ccccc1N1CCN(C(=S)Nc2cccc(Cl)c2)CC1. The van der Waals surface area contributed by atoms with Gasteiger partial charge in [-0.2, -0.15) is 0 Å². The summed E-state index contributed by atoms with van der Waals surface area (Å²) >= 11 is 11.5. The Hall–Kier alpha value is -1.98. The summed E-state index contributed by atoms with van der Waals surface area (Å²) in [5, 5.41) is 4.69. The standard InChI is InChI=1S/C18H20ClN3OS/c1-23-17-8-3-2-7-16(17)21-9-11-22(12-10-21)18(24)20-15-6-4-5-14(19)13-15/h2-8,13H,9-12H2,1H3,(H,20,24). The van der Waals surface area contributed by atoms with E-state index >= 15 is 0 Å². The second-order valence-electron chi connectivity index (χ2n) is 5.59. The monoisotopic (exact) mass is 361 g/mol. The number of hydrogen-bond donors (Lipinski definition) is 1. The highest BCUT2D eigenvalue weighted by molar-refractivity contribution is 7.80. The van der Waals surface area contributed by atoms with Crippen LogP contribution >= 0.6 is 23.8 Å². The number of nitrogens with zero attached hydrogens (tertiary/aromatic N) is 2. The lowest BCUT2D eigenvalue weighted by Crippen LogP contribution is -2.50. The van der Waals surface area contributed by atoms with E-state index in [4.69, 9.17) is 28.6 Å². The van der Waals surface area contributed by atoms with E-state index in [0.29, 0.717) is 5.02 Å². The van der Waals surface area contributed by atoms with Crippen molar-refractivity contribution in [3.05, 3.63) is 53.6 Å². The van der Waals surface area contributed by atoms with Gasteiger partial charge in [-0.1, -0.05) is 29.8 Å². The summed E-state index contributed by atoms with van der Waals surface area (Å²) in [5.74, 6) is 0.908. The first-order valence-corrected chi connectivity index (χ1v) is 8.65. The third kappa shape index (κ3) is 3.91. The van der Waals surface area contributed by atoms with Gasteiger partial charge < -0.3 is 19.9 Å². The van der Waals surface area contributed by atoms with Gasteiger partial charge in [0.2, 0.25) is 0 Å². The number of hydrogen-bond acceptors (Lipinski definition) is 3. The van der Waals surface area contributed by atoms with Gasteiger partial charge in [0.05, 0.1) is 12.8 Å². The number of ether oxygens (including phenoxy) is 1. The molecule has 3 rings (SSSR count). The number of halogens is 1. The van der Waals surface area contributed by atoms with Gasteiger partial charge in [-0.15, -0.1) is 0 Å². The normalized spacial score (nSPS) is 14.4. The van der Waals surface area contributed by atoms with Crippen molar-refractivity contribution >= 4 is 40.3 Å². The topological polar surface area (TPSA) is 27.7 Å². The number of nitrogens with one attached hydrogen (secondary N) is 1. The first-order chi connectivity index (χ1) is 11.7. The van der Waals surface area contributed by atoms with E-state index in [1.807, 2.05) is 42.5 Å². The van der Waals surface area contributed by atoms with Crippen LogP contribution < -0.4 is 15.0 Å². The van der Waals surface area contributed by atoms with Crippen LogP contribution in [0.4, 0.5) is 11.4 Å². The third-order valence-corrected chi connectivity index (χ3v) is 4.66. The molecule has 1 aliphatic heterocycles. The van der Waals surface area contributed by atoms with Crippen LogP contribution in [0.3, 0.4) is 0 Å². The van der Waals surface area contributed by atoms with Crippen LogP contribution in [-0.2, 0) is 0 Å². The Bertz CT molecular complexity index is 717. The van der Waals surface area contributed by atoms with Gasteiger partial charge in [0.25, 0.3) is 0 Å². The average Bonchev–Trinajstić information content (AvgIpc) is 2.62. The highest BCUT2D eigenvalue weighted by Gasteiger charge is 2.21. The molecule has 0 atom stereocenters. The predicted molar refractivity (Wildman–Crippen MR) is 104 cm³/mol. The predicted octanol–water partition coefficient (Wildman–Crippen LogP) is 3.87. The molecule has 1 aliphatic rings. The van der Waals surface area contributed by atoms with Gasteiger partial charge >= 0.3 is 0 Å². The van der Waals surface area contributed by atoms with Gasteiger partial charge in [-0.3, -0.25) is 0 Å². The average molecular weight is 362 g/mol. The molecule has 24 heavy (non-hydrogen) atoms. The summed E-state index contributed by atoms with van der Waals surface area (Å²) in [5.41, 5.74) is 2.05. The van der Waals surface area contributed by atoms with Crippen LogP contribution in [0.25, 0.3) is 0 Å². The molecule has 4 nitrogen and oxygen atoms in total. The lowest BCUT2D eigenvalue weighted by molar-refractivity contribution is 0.382. The smallest absolute Gasteiger partial charge is 0.173 e. The maximum Gasteiger partial charge on any atom is 0.173 e. The van der Waals surface area contributed by atoms with Crippen molar-refractivity contribution in [3.8, 4) is 5.75 Å². The zero-order valence-electron chi connectivity index (χ0n) is 13.5. The zero-order valence-corrected chi connectivity index (χ0v) is 15.1. The van der Waals surface area contributed by atoms with Crippen molar-refractivity contribution in [2.45, 2.75) is 0 Å². The number of methoxy groups -OCH3 is 1. The molecule has 0 radical (unpaired) electrons. The molecule has 126 valence electrons. The Morgan fingerprint density at radius 1 is 1.08 bits per heavy atom. The maximum absolute atomic E-state index is 6.01. The molecule has 0 amide bonds. The van der Waals surface area contributed by atoms with E-state index in [9.17, 15) is 0 Å². The molecule has 6 heteroatoms. The summed E-state index contributed by atoms with van der Waals surface area (Å²) in [6.07, 6.45) is 0. The number of thiocarbonyl (C=S) groups is 1. The van der Waals surface area contributed by atoms with Crippen LogP contribution in [0.5, 0.6) is 5.75 Å². The summed E-state index contributed by atoms with van der Waals surface area (Å²) in [6.45, 7) is 3.53. The Balaban J connectivity index is 1.59. The van der Waals surface area contributed by atoms with Gasteiger partial charge in [-0.05, 0) is 42.5 Å². The van der Waals surface area contributed by atoms with E-state index in [1.165, 1.54) is 0 Å². The molecule has 1 saturated heterocycles. The quantitative estimate of drug-likeness (QED) is 0.838. The molecule has 0 aromatic heterocycles. The molecule has 1 N–H and O–H groups in total. The molecule has 0 unspecified atom stereocenters. The first kappa shape index (κ1) is 16.9. The number of piperazine rings is 1. The minimum absolute atomic E-state index is 0.698. The number of anilines is 2. The molecule has 2 aromatic rings. The number of para-hydroxylation sites is 2.